The van der Waals surface area contributed by atoms with Crippen molar-refractivity contribution in [1.82, 2.24) is 9.61 Å². The number of nitrogens with zero attached hydrogens (tertiary/aromatic N) is 3. The predicted molar refractivity (Wildman–Crippen MR) is 51.4 cm³/mol. The number of rotatable bonds is 1. The molecule has 2 heterocycles. The third-order valence-corrected chi connectivity index (χ3v) is 2.61. The zero-order valence-corrected chi connectivity index (χ0v) is 7.88. The van der Waals surface area contributed by atoms with Gasteiger partial charge in [-0.3, -0.25) is 0 Å². The molecule has 4 heteroatoms. The Morgan fingerprint density at radius 2 is 2.38 bits per heavy atom. The van der Waals surface area contributed by atoms with Crippen LogP contribution in [0.15, 0.2) is 29.3 Å². The van der Waals surface area contributed by atoms with E-state index in [1.807, 2.05) is 31.3 Å². The van der Waals surface area contributed by atoms with Gasteiger partial charge in [0.05, 0.1) is 16.1 Å². The summed E-state index contributed by atoms with van der Waals surface area (Å²) >= 11 is 1.16. The maximum Gasteiger partial charge on any atom is 0.138 e. The van der Waals surface area contributed by atoms with Crippen LogP contribution < -0.4 is 0 Å². The normalized spacial score (nSPS) is 10.2. The summed E-state index contributed by atoms with van der Waals surface area (Å²) in [4.78, 5) is 0.947. The molecule has 0 aliphatic heterocycles. The van der Waals surface area contributed by atoms with Gasteiger partial charge >= 0.3 is 0 Å². The van der Waals surface area contributed by atoms with E-state index >= 15 is 0 Å². The lowest BCUT2D eigenvalue weighted by Gasteiger charge is -1.91. The summed E-state index contributed by atoms with van der Waals surface area (Å²) in [6, 6.07) is 5.82. The van der Waals surface area contributed by atoms with Crippen molar-refractivity contribution < 1.29 is 0 Å². The molecule has 0 spiro atoms. The van der Waals surface area contributed by atoms with E-state index in [0.717, 1.165) is 27.9 Å². The van der Waals surface area contributed by atoms with Crippen LogP contribution in [0.4, 0.5) is 0 Å². The van der Waals surface area contributed by atoms with Crippen LogP contribution in [-0.4, -0.2) is 9.61 Å². The molecule has 0 amide bonds. The molecule has 64 valence electrons. The average molecular weight is 189 g/mol. The fourth-order valence-corrected chi connectivity index (χ4v) is 1.81. The number of aromatic nitrogens is 2. The third kappa shape index (κ3) is 1.27. The molecular formula is C9H7N3S. The maximum absolute atomic E-state index is 8.60. The molecule has 0 saturated heterocycles. The minimum Gasteiger partial charge on any atom is -0.240 e. The summed E-state index contributed by atoms with van der Waals surface area (Å²) < 4.78 is 1.79. The lowest BCUT2D eigenvalue weighted by molar-refractivity contribution is 0.932. The SMILES string of the molecule is Cc1nn2ccccc2c1SC#N. The smallest absolute Gasteiger partial charge is 0.138 e. The van der Waals surface area contributed by atoms with Crippen LogP contribution in [0.1, 0.15) is 5.69 Å². The molecule has 0 fully saturated rings. The maximum atomic E-state index is 8.60. The summed E-state index contributed by atoms with van der Waals surface area (Å²) in [6.07, 6.45) is 1.88. The molecule has 2 rings (SSSR count). The fraction of sp³-hybridized carbons (Fsp3) is 0.111. The second kappa shape index (κ2) is 3.11. The van der Waals surface area contributed by atoms with E-state index in [9.17, 15) is 0 Å². The summed E-state index contributed by atoms with van der Waals surface area (Å²) in [6.45, 7) is 1.91. The van der Waals surface area contributed by atoms with Gasteiger partial charge in [-0.15, -0.1) is 0 Å². The Balaban J connectivity index is 2.73. The summed E-state index contributed by atoms with van der Waals surface area (Å²) in [7, 11) is 0. The number of hydrogen-bond acceptors (Lipinski definition) is 3. The van der Waals surface area contributed by atoms with Gasteiger partial charge in [0.15, 0.2) is 0 Å². The first-order valence-electron chi connectivity index (χ1n) is 3.83. The summed E-state index contributed by atoms with van der Waals surface area (Å²) in [5, 5.41) is 14.9. The average Bonchev–Trinajstić information content (AvgIpc) is 2.44. The molecule has 0 saturated carbocycles. The number of thiocyanates is 1. The number of thioether (sulfide) groups is 1. The Hall–Kier alpha value is -1.47. The van der Waals surface area contributed by atoms with Crippen LogP contribution in [0.25, 0.3) is 5.52 Å². The van der Waals surface area contributed by atoms with E-state index < -0.39 is 0 Å². The molecule has 0 N–H and O–H groups in total. The second-order valence-corrected chi connectivity index (χ2v) is 3.43. The number of hydrogen-bond donors (Lipinski definition) is 0. The van der Waals surface area contributed by atoms with Crippen LogP contribution in [0, 0.1) is 17.6 Å². The van der Waals surface area contributed by atoms with Crippen molar-refractivity contribution in [2.75, 3.05) is 0 Å². The molecule has 2 aromatic heterocycles. The van der Waals surface area contributed by atoms with Gasteiger partial charge in [-0.05, 0) is 30.8 Å². The molecule has 0 unspecified atom stereocenters. The lowest BCUT2D eigenvalue weighted by atomic mass is 10.4. The van der Waals surface area contributed by atoms with Gasteiger partial charge in [0, 0.05) is 6.20 Å². The van der Waals surface area contributed by atoms with E-state index in [0.29, 0.717) is 0 Å². The Labute approximate surface area is 80.0 Å². The lowest BCUT2D eigenvalue weighted by Crippen LogP contribution is -1.83. The van der Waals surface area contributed by atoms with Gasteiger partial charge in [0.25, 0.3) is 0 Å². The zero-order valence-electron chi connectivity index (χ0n) is 7.06. The number of fused-ring (bicyclic) bond motifs is 1. The number of pyridine rings is 1. The van der Waals surface area contributed by atoms with Crippen molar-refractivity contribution in [3.63, 3.8) is 0 Å². The summed E-state index contributed by atoms with van der Waals surface area (Å²) in [5.41, 5.74) is 1.89. The highest BCUT2D eigenvalue weighted by Gasteiger charge is 2.07. The van der Waals surface area contributed by atoms with Crippen molar-refractivity contribution in [2.45, 2.75) is 11.8 Å². The molecule has 3 nitrogen and oxygen atoms in total. The standard InChI is InChI=1S/C9H7N3S/c1-7-9(13-6-10)8-4-2-3-5-12(8)11-7/h2-5H,1H3. The van der Waals surface area contributed by atoms with Crippen molar-refractivity contribution in [1.29, 1.82) is 5.26 Å². The van der Waals surface area contributed by atoms with Crippen LogP contribution in [0.5, 0.6) is 0 Å². The molecule has 0 radical (unpaired) electrons. The first-order valence-corrected chi connectivity index (χ1v) is 4.64. The number of nitriles is 1. The van der Waals surface area contributed by atoms with Gasteiger partial charge in [0.1, 0.15) is 5.40 Å². The first kappa shape index (κ1) is 8.14. The molecule has 0 bridgehead atoms. The molecular weight excluding hydrogens is 182 g/mol. The molecule has 2 aromatic rings. The van der Waals surface area contributed by atoms with E-state index in [2.05, 4.69) is 10.5 Å². The van der Waals surface area contributed by atoms with Crippen molar-refractivity contribution in [2.24, 2.45) is 0 Å². The second-order valence-electron chi connectivity index (χ2n) is 2.64. The quantitative estimate of drug-likeness (QED) is 0.510. The summed E-state index contributed by atoms with van der Waals surface area (Å²) in [5.74, 6) is 0. The predicted octanol–water partition coefficient (Wildman–Crippen LogP) is 2.22. The van der Waals surface area contributed by atoms with Gasteiger partial charge < -0.3 is 0 Å². The molecule has 0 aromatic carbocycles. The highest BCUT2D eigenvalue weighted by molar-refractivity contribution is 8.04. The van der Waals surface area contributed by atoms with Crippen molar-refractivity contribution >= 4 is 17.3 Å². The fourth-order valence-electron chi connectivity index (χ4n) is 1.27. The van der Waals surface area contributed by atoms with Crippen LogP contribution in [-0.2, 0) is 0 Å². The van der Waals surface area contributed by atoms with Gasteiger partial charge in [-0.25, -0.2) is 4.52 Å². The molecule has 13 heavy (non-hydrogen) atoms. The number of aryl methyl sites for hydroxylation is 1. The van der Waals surface area contributed by atoms with Crippen LogP contribution >= 0.6 is 11.8 Å². The highest BCUT2D eigenvalue weighted by atomic mass is 32.2. The molecule has 0 aliphatic rings. The Morgan fingerprint density at radius 3 is 3.15 bits per heavy atom. The monoisotopic (exact) mass is 189 g/mol. The Kier molecular flexibility index (Phi) is 1.95. The van der Waals surface area contributed by atoms with E-state index in [1.54, 1.807) is 4.52 Å². The van der Waals surface area contributed by atoms with Crippen LogP contribution in [0.3, 0.4) is 0 Å². The largest absolute Gasteiger partial charge is 0.240 e. The minimum atomic E-state index is 0.901. The zero-order chi connectivity index (χ0) is 9.26. The molecule has 0 aliphatic carbocycles. The highest BCUT2D eigenvalue weighted by Crippen LogP contribution is 2.25. The topological polar surface area (TPSA) is 41.1 Å². The van der Waals surface area contributed by atoms with Crippen molar-refractivity contribution in [3.8, 4) is 5.40 Å². The van der Waals surface area contributed by atoms with E-state index in [4.69, 9.17) is 5.26 Å². The van der Waals surface area contributed by atoms with Gasteiger partial charge in [-0.2, -0.15) is 10.4 Å². The Morgan fingerprint density at radius 1 is 1.54 bits per heavy atom. The minimum absolute atomic E-state index is 0.901. The van der Waals surface area contributed by atoms with E-state index in [1.165, 1.54) is 0 Å². The van der Waals surface area contributed by atoms with Gasteiger partial charge in [0.2, 0.25) is 0 Å². The third-order valence-electron chi connectivity index (χ3n) is 1.81. The van der Waals surface area contributed by atoms with Crippen LogP contribution in [0.2, 0.25) is 0 Å². The molecule has 0 atom stereocenters. The van der Waals surface area contributed by atoms with Crippen molar-refractivity contribution in [3.05, 3.63) is 30.1 Å². The first-order chi connectivity index (χ1) is 6.33. The van der Waals surface area contributed by atoms with Gasteiger partial charge in [-0.1, -0.05) is 6.07 Å². The Bertz CT molecular complexity index is 481. The van der Waals surface area contributed by atoms with E-state index in [-0.39, 0.29) is 0 Å².